The minimum atomic E-state index is 0.410. The maximum absolute atomic E-state index is 11.4. The van der Waals surface area contributed by atoms with E-state index in [1.807, 2.05) is 12.1 Å². The number of benzene rings is 1. The summed E-state index contributed by atoms with van der Waals surface area (Å²) < 4.78 is 5.55. The summed E-state index contributed by atoms with van der Waals surface area (Å²) in [6, 6.07) is 8.25. The Hall–Kier alpha value is -1.31. The zero-order valence-corrected chi connectivity index (χ0v) is 10.4. The largest absolute Gasteiger partial charge is 0.494 e. The molecular formula is C15H20O2. The molecule has 0 radical (unpaired) electrons. The molecule has 1 aliphatic carbocycles. The first-order chi connectivity index (χ1) is 8.29. The van der Waals surface area contributed by atoms with Crippen LogP contribution < -0.4 is 4.74 Å². The van der Waals surface area contributed by atoms with Crippen LogP contribution in [0.3, 0.4) is 0 Å². The summed E-state index contributed by atoms with van der Waals surface area (Å²) >= 11 is 0. The second-order valence-electron chi connectivity index (χ2n) is 4.75. The zero-order chi connectivity index (χ0) is 12.1. The summed E-state index contributed by atoms with van der Waals surface area (Å²) in [7, 11) is 0. The highest BCUT2D eigenvalue weighted by Crippen LogP contribution is 2.31. The summed E-state index contributed by atoms with van der Waals surface area (Å²) in [6.45, 7) is 2.86. The number of rotatable bonds is 4. The van der Waals surface area contributed by atoms with Gasteiger partial charge in [0.1, 0.15) is 11.5 Å². The van der Waals surface area contributed by atoms with Crippen molar-refractivity contribution < 1.29 is 9.53 Å². The SMILES string of the molecule is CCCOc1ccc(C2CCCC(=O)C2)cc1. The Bertz CT molecular complexity index is 367. The minimum Gasteiger partial charge on any atom is -0.494 e. The lowest BCUT2D eigenvalue weighted by molar-refractivity contribution is -0.120. The van der Waals surface area contributed by atoms with Gasteiger partial charge in [0.15, 0.2) is 0 Å². The Morgan fingerprint density at radius 3 is 2.71 bits per heavy atom. The predicted octanol–water partition coefficient (Wildman–Crippen LogP) is 3.70. The molecule has 92 valence electrons. The smallest absolute Gasteiger partial charge is 0.133 e. The van der Waals surface area contributed by atoms with E-state index >= 15 is 0 Å². The average molecular weight is 232 g/mol. The topological polar surface area (TPSA) is 26.3 Å². The number of carbonyl (C=O) groups excluding carboxylic acids is 1. The first-order valence-electron chi connectivity index (χ1n) is 6.54. The van der Waals surface area contributed by atoms with Crippen LogP contribution in [0.25, 0.3) is 0 Å². The molecule has 2 nitrogen and oxygen atoms in total. The van der Waals surface area contributed by atoms with Crippen molar-refractivity contribution in [3.63, 3.8) is 0 Å². The first kappa shape index (κ1) is 12.2. The van der Waals surface area contributed by atoms with E-state index in [2.05, 4.69) is 19.1 Å². The third-order valence-corrected chi connectivity index (χ3v) is 3.31. The van der Waals surface area contributed by atoms with E-state index in [1.165, 1.54) is 5.56 Å². The number of ketones is 1. The highest BCUT2D eigenvalue weighted by molar-refractivity contribution is 5.80. The van der Waals surface area contributed by atoms with Crippen LogP contribution in [0.4, 0.5) is 0 Å². The van der Waals surface area contributed by atoms with Crippen molar-refractivity contribution in [3.05, 3.63) is 29.8 Å². The Morgan fingerprint density at radius 1 is 1.29 bits per heavy atom. The molecule has 2 rings (SSSR count). The molecule has 1 unspecified atom stereocenters. The molecule has 0 N–H and O–H groups in total. The van der Waals surface area contributed by atoms with Crippen LogP contribution in [0.5, 0.6) is 5.75 Å². The van der Waals surface area contributed by atoms with Gasteiger partial charge in [-0.3, -0.25) is 4.79 Å². The summed E-state index contributed by atoms with van der Waals surface area (Å²) in [5.74, 6) is 1.77. The van der Waals surface area contributed by atoms with E-state index in [4.69, 9.17) is 4.74 Å². The van der Waals surface area contributed by atoms with E-state index in [0.29, 0.717) is 11.7 Å². The van der Waals surface area contributed by atoms with Crippen LogP contribution in [0.1, 0.15) is 50.5 Å². The highest BCUT2D eigenvalue weighted by atomic mass is 16.5. The van der Waals surface area contributed by atoms with Gasteiger partial charge in [0.25, 0.3) is 0 Å². The van der Waals surface area contributed by atoms with Gasteiger partial charge in [0, 0.05) is 12.8 Å². The van der Waals surface area contributed by atoms with Gasteiger partial charge in [-0.15, -0.1) is 0 Å². The van der Waals surface area contributed by atoms with Crippen molar-refractivity contribution in [2.75, 3.05) is 6.61 Å². The van der Waals surface area contributed by atoms with Crippen molar-refractivity contribution in [2.45, 2.75) is 44.9 Å². The molecule has 0 aromatic heterocycles. The fourth-order valence-corrected chi connectivity index (χ4v) is 2.37. The maximum Gasteiger partial charge on any atom is 0.133 e. The van der Waals surface area contributed by atoms with E-state index in [0.717, 1.165) is 44.5 Å². The second-order valence-corrected chi connectivity index (χ2v) is 4.75. The predicted molar refractivity (Wildman–Crippen MR) is 68.4 cm³/mol. The number of ether oxygens (including phenoxy) is 1. The van der Waals surface area contributed by atoms with E-state index in [1.54, 1.807) is 0 Å². The van der Waals surface area contributed by atoms with Crippen LogP contribution in [0.2, 0.25) is 0 Å². The summed E-state index contributed by atoms with van der Waals surface area (Å²) in [5, 5.41) is 0. The molecule has 0 amide bonds. The first-order valence-corrected chi connectivity index (χ1v) is 6.54. The third-order valence-electron chi connectivity index (χ3n) is 3.31. The third kappa shape index (κ3) is 3.32. The van der Waals surface area contributed by atoms with Crippen LogP contribution in [0, 0.1) is 0 Å². The van der Waals surface area contributed by atoms with Crippen LogP contribution in [-0.2, 0) is 4.79 Å². The lowest BCUT2D eigenvalue weighted by atomic mass is 9.83. The molecule has 1 atom stereocenters. The van der Waals surface area contributed by atoms with Crippen molar-refractivity contribution in [3.8, 4) is 5.75 Å². The second kappa shape index (κ2) is 5.85. The van der Waals surface area contributed by atoms with Gasteiger partial charge >= 0.3 is 0 Å². The molecule has 1 fully saturated rings. The molecule has 0 bridgehead atoms. The fourth-order valence-electron chi connectivity index (χ4n) is 2.37. The molecule has 1 saturated carbocycles. The summed E-state index contributed by atoms with van der Waals surface area (Å²) in [5.41, 5.74) is 1.28. The van der Waals surface area contributed by atoms with Crippen molar-refractivity contribution in [1.82, 2.24) is 0 Å². The standard InChI is InChI=1S/C15H20O2/c1-2-10-17-15-8-6-12(7-9-15)13-4-3-5-14(16)11-13/h6-9,13H,2-5,10-11H2,1H3. The Morgan fingerprint density at radius 2 is 2.06 bits per heavy atom. The lowest BCUT2D eigenvalue weighted by Crippen LogP contribution is -2.13. The molecule has 17 heavy (non-hydrogen) atoms. The average Bonchev–Trinajstić information content (AvgIpc) is 2.37. The van der Waals surface area contributed by atoms with Gasteiger partial charge in [-0.25, -0.2) is 0 Å². The minimum absolute atomic E-state index is 0.410. The van der Waals surface area contributed by atoms with Crippen LogP contribution >= 0.6 is 0 Å². The van der Waals surface area contributed by atoms with E-state index in [9.17, 15) is 4.79 Å². The monoisotopic (exact) mass is 232 g/mol. The van der Waals surface area contributed by atoms with Gasteiger partial charge in [-0.2, -0.15) is 0 Å². The van der Waals surface area contributed by atoms with Gasteiger partial charge in [-0.1, -0.05) is 19.1 Å². The summed E-state index contributed by atoms with van der Waals surface area (Å²) in [6.07, 6.45) is 4.70. The van der Waals surface area contributed by atoms with Gasteiger partial charge in [0.05, 0.1) is 6.61 Å². The Kier molecular flexibility index (Phi) is 4.18. The van der Waals surface area contributed by atoms with Crippen LogP contribution in [0.15, 0.2) is 24.3 Å². The molecule has 0 heterocycles. The van der Waals surface area contributed by atoms with Gasteiger partial charge < -0.3 is 4.74 Å². The normalized spacial score (nSPS) is 20.3. The lowest BCUT2D eigenvalue weighted by Gasteiger charge is -2.21. The van der Waals surface area contributed by atoms with Crippen LogP contribution in [-0.4, -0.2) is 12.4 Å². The molecule has 2 heteroatoms. The number of Topliss-reactive ketones (excluding diaryl/α,β-unsaturated/α-hetero) is 1. The Balaban J connectivity index is 1.99. The van der Waals surface area contributed by atoms with Crippen molar-refractivity contribution in [2.24, 2.45) is 0 Å². The maximum atomic E-state index is 11.4. The molecule has 0 saturated heterocycles. The van der Waals surface area contributed by atoms with E-state index < -0.39 is 0 Å². The van der Waals surface area contributed by atoms with E-state index in [-0.39, 0.29) is 0 Å². The number of carbonyl (C=O) groups is 1. The van der Waals surface area contributed by atoms with Crippen molar-refractivity contribution >= 4 is 5.78 Å². The summed E-state index contributed by atoms with van der Waals surface area (Å²) in [4.78, 5) is 11.4. The Labute approximate surface area is 103 Å². The number of hydrogen-bond donors (Lipinski definition) is 0. The quantitative estimate of drug-likeness (QED) is 0.791. The molecule has 1 aromatic rings. The molecule has 0 aliphatic heterocycles. The zero-order valence-electron chi connectivity index (χ0n) is 10.4. The molecular weight excluding hydrogens is 212 g/mol. The molecule has 1 aromatic carbocycles. The van der Waals surface area contributed by atoms with Crippen molar-refractivity contribution in [1.29, 1.82) is 0 Å². The van der Waals surface area contributed by atoms with Gasteiger partial charge in [-0.05, 0) is 42.9 Å². The highest BCUT2D eigenvalue weighted by Gasteiger charge is 2.20. The molecule has 1 aliphatic rings. The number of hydrogen-bond acceptors (Lipinski definition) is 2. The fraction of sp³-hybridized carbons (Fsp3) is 0.533. The molecule has 0 spiro atoms. The van der Waals surface area contributed by atoms with Gasteiger partial charge in [0.2, 0.25) is 0 Å².